The van der Waals surface area contributed by atoms with E-state index in [1.165, 1.54) is 5.56 Å². The fraction of sp³-hybridized carbons (Fsp3) is 0.556. The normalized spacial score (nSPS) is 19.0. The van der Waals surface area contributed by atoms with Gasteiger partial charge in [0.05, 0.1) is 6.54 Å². The molecule has 24 heavy (non-hydrogen) atoms. The van der Waals surface area contributed by atoms with Crippen molar-refractivity contribution in [1.82, 2.24) is 10.2 Å². The maximum absolute atomic E-state index is 12.6. The van der Waals surface area contributed by atoms with E-state index in [1.54, 1.807) is 7.05 Å². The Morgan fingerprint density at radius 3 is 2.71 bits per heavy atom. The topological polar surface area (TPSA) is 47.9 Å². The van der Waals surface area contributed by atoms with Crippen LogP contribution >= 0.6 is 24.0 Å². The van der Waals surface area contributed by atoms with Gasteiger partial charge in [-0.1, -0.05) is 32.0 Å². The minimum absolute atomic E-state index is 0. The van der Waals surface area contributed by atoms with Crippen molar-refractivity contribution in [3.05, 3.63) is 29.8 Å². The lowest BCUT2D eigenvalue weighted by Gasteiger charge is -2.24. The molecule has 0 unspecified atom stereocenters. The van der Waals surface area contributed by atoms with E-state index >= 15 is 0 Å². The van der Waals surface area contributed by atoms with Gasteiger partial charge in [0.15, 0.2) is 5.96 Å². The number of carbonyl (C=O) groups is 1. The summed E-state index contributed by atoms with van der Waals surface area (Å²) >= 11 is 0. The van der Waals surface area contributed by atoms with Gasteiger partial charge in [-0.3, -0.25) is 9.79 Å². The quantitative estimate of drug-likeness (QED) is 0.435. The van der Waals surface area contributed by atoms with Crippen LogP contribution in [0.15, 0.2) is 29.3 Å². The predicted molar refractivity (Wildman–Crippen MR) is 109 cm³/mol. The van der Waals surface area contributed by atoms with Crippen molar-refractivity contribution >= 4 is 41.5 Å². The predicted octanol–water partition coefficient (Wildman–Crippen LogP) is 2.50. The van der Waals surface area contributed by atoms with E-state index in [-0.39, 0.29) is 36.4 Å². The molecule has 0 aliphatic carbocycles. The first-order chi connectivity index (χ1) is 11.0. The van der Waals surface area contributed by atoms with E-state index in [1.807, 2.05) is 23.1 Å². The van der Waals surface area contributed by atoms with Crippen molar-refractivity contribution < 1.29 is 4.79 Å². The minimum Gasteiger partial charge on any atom is -0.347 e. The highest BCUT2D eigenvalue weighted by Crippen LogP contribution is 2.29. The van der Waals surface area contributed by atoms with E-state index < -0.39 is 0 Å². The number of nitrogens with one attached hydrogen (secondary N) is 1. The number of amides is 1. The second-order valence-corrected chi connectivity index (χ2v) is 7.16. The summed E-state index contributed by atoms with van der Waals surface area (Å²) in [5, 5.41) is 3.24. The molecule has 0 bridgehead atoms. The smallest absolute Gasteiger partial charge is 0.246 e. The van der Waals surface area contributed by atoms with Crippen molar-refractivity contribution in [2.24, 2.45) is 10.4 Å². The molecule has 2 aliphatic rings. The molecule has 0 aromatic heterocycles. The molecule has 3 rings (SSSR count). The van der Waals surface area contributed by atoms with E-state index in [0.717, 1.165) is 44.1 Å². The van der Waals surface area contributed by atoms with Crippen LogP contribution in [0.4, 0.5) is 5.69 Å². The van der Waals surface area contributed by atoms with Crippen LogP contribution in [0.5, 0.6) is 0 Å². The van der Waals surface area contributed by atoms with Gasteiger partial charge in [0.2, 0.25) is 5.91 Å². The fourth-order valence-electron chi connectivity index (χ4n) is 3.47. The molecular weight excluding hydrogens is 415 g/mol. The van der Waals surface area contributed by atoms with E-state index in [4.69, 9.17) is 0 Å². The number of halogens is 1. The zero-order valence-electron chi connectivity index (χ0n) is 14.7. The number of fused-ring (bicyclic) bond motifs is 1. The Morgan fingerprint density at radius 2 is 2.04 bits per heavy atom. The molecule has 5 nitrogen and oxygen atoms in total. The highest BCUT2D eigenvalue weighted by molar-refractivity contribution is 14.0. The zero-order valence-corrected chi connectivity index (χ0v) is 17.0. The lowest BCUT2D eigenvalue weighted by Crippen LogP contribution is -2.46. The molecule has 0 radical (unpaired) electrons. The molecule has 1 aromatic carbocycles. The van der Waals surface area contributed by atoms with E-state index in [2.05, 4.69) is 35.1 Å². The van der Waals surface area contributed by atoms with Gasteiger partial charge < -0.3 is 15.1 Å². The molecule has 1 N–H and O–H groups in total. The van der Waals surface area contributed by atoms with Gasteiger partial charge >= 0.3 is 0 Å². The molecule has 0 spiro atoms. The van der Waals surface area contributed by atoms with Crippen molar-refractivity contribution in [1.29, 1.82) is 0 Å². The third kappa shape index (κ3) is 4.02. The molecule has 0 saturated carbocycles. The monoisotopic (exact) mass is 442 g/mol. The van der Waals surface area contributed by atoms with Crippen LogP contribution in [0.25, 0.3) is 0 Å². The summed E-state index contributed by atoms with van der Waals surface area (Å²) in [6, 6.07) is 8.14. The maximum atomic E-state index is 12.6. The van der Waals surface area contributed by atoms with Crippen molar-refractivity contribution in [3.63, 3.8) is 0 Å². The van der Waals surface area contributed by atoms with Gasteiger partial charge in [-0.15, -0.1) is 24.0 Å². The number of rotatable bonds is 2. The lowest BCUT2D eigenvalue weighted by molar-refractivity contribution is -0.117. The Balaban J connectivity index is 0.00000208. The molecule has 132 valence electrons. The molecule has 2 heterocycles. The highest BCUT2D eigenvalue weighted by atomic mass is 127. The second kappa shape index (κ2) is 7.72. The number of hydrogen-bond donors (Lipinski definition) is 1. The van der Waals surface area contributed by atoms with Crippen LogP contribution in [0.2, 0.25) is 0 Å². The SMILES string of the molecule is CN=C(NCC(=O)N1CCc2ccccc21)N1CCC(C)(C)C1.I. The number of benzene rings is 1. The van der Waals surface area contributed by atoms with Gasteiger partial charge in [0, 0.05) is 32.4 Å². The Morgan fingerprint density at radius 1 is 1.29 bits per heavy atom. The highest BCUT2D eigenvalue weighted by Gasteiger charge is 2.31. The number of guanidine groups is 1. The van der Waals surface area contributed by atoms with Gasteiger partial charge in [-0.2, -0.15) is 0 Å². The number of aliphatic imine (C=N–C) groups is 1. The number of likely N-dealkylation sites (tertiary alicyclic amines) is 1. The fourth-order valence-corrected chi connectivity index (χ4v) is 3.47. The number of carbonyl (C=O) groups excluding carboxylic acids is 1. The van der Waals surface area contributed by atoms with Crippen molar-refractivity contribution in [3.8, 4) is 0 Å². The molecule has 1 amide bonds. The summed E-state index contributed by atoms with van der Waals surface area (Å²) in [7, 11) is 1.78. The van der Waals surface area contributed by atoms with E-state index in [0.29, 0.717) is 5.41 Å². The van der Waals surface area contributed by atoms with Gasteiger partial charge in [0.25, 0.3) is 0 Å². The first kappa shape index (κ1) is 19.0. The van der Waals surface area contributed by atoms with Crippen LogP contribution in [-0.4, -0.2) is 50.0 Å². The van der Waals surface area contributed by atoms with E-state index in [9.17, 15) is 4.79 Å². The summed E-state index contributed by atoms with van der Waals surface area (Å²) < 4.78 is 0. The van der Waals surface area contributed by atoms with Crippen molar-refractivity contribution in [2.45, 2.75) is 26.7 Å². The second-order valence-electron chi connectivity index (χ2n) is 7.16. The Kier molecular flexibility index (Phi) is 6.11. The summed E-state index contributed by atoms with van der Waals surface area (Å²) in [5.41, 5.74) is 2.62. The Labute approximate surface area is 161 Å². The summed E-state index contributed by atoms with van der Waals surface area (Å²) in [5.74, 6) is 0.936. The molecule has 1 aromatic rings. The molecule has 1 saturated heterocycles. The van der Waals surface area contributed by atoms with Gasteiger partial charge in [0.1, 0.15) is 0 Å². The third-order valence-electron chi connectivity index (χ3n) is 4.77. The van der Waals surface area contributed by atoms with Gasteiger partial charge in [-0.05, 0) is 29.9 Å². The first-order valence-corrected chi connectivity index (χ1v) is 8.34. The zero-order chi connectivity index (χ0) is 16.4. The number of hydrogen-bond acceptors (Lipinski definition) is 2. The molecular formula is C18H27IN4O. The molecule has 0 atom stereocenters. The Hall–Kier alpha value is -1.31. The van der Waals surface area contributed by atoms with Crippen molar-refractivity contribution in [2.75, 3.05) is 38.1 Å². The average Bonchev–Trinajstić information content (AvgIpc) is 3.11. The van der Waals surface area contributed by atoms with Gasteiger partial charge in [-0.25, -0.2) is 0 Å². The van der Waals surface area contributed by atoms with Crippen LogP contribution in [-0.2, 0) is 11.2 Å². The summed E-state index contributed by atoms with van der Waals surface area (Å²) in [4.78, 5) is 21.0. The first-order valence-electron chi connectivity index (χ1n) is 8.34. The largest absolute Gasteiger partial charge is 0.347 e. The molecule has 1 fully saturated rings. The standard InChI is InChI=1S/C18H26N4O.HI/c1-18(2)9-11-21(13-18)17(19-3)20-12-16(23)22-10-8-14-6-4-5-7-15(14)22;/h4-7H,8-13H2,1-3H3,(H,19,20);1H. The average molecular weight is 442 g/mol. The summed E-state index contributed by atoms with van der Waals surface area (Å²) in [6.07, 6.45) is 2.10. The molecule has 2 aliphatic heterocycles. The minimum atomic E-state index is 0. The Bertz CT molecular complexity index is 629. The van der Waals surface area contributed by atoms with Crippen LogP contribution in [0.1, 0.15) is 25.8 Å². The molecule has 6 heteroatoms. The van der Waals surface area contributed by atoms with Crippen LogP contribution in [0.3, 0.4) is 0 Å². The van der Waals surface area contributed by atoms with Crippen LogP contribution in [0, 0.1) is 5.41 Å². The number of para-hydroxylation sites is 1. The number of nitrogens with zero attached hydrogens (tertiary/aromatic N) is 3. The lowest BCUT2D eigenvalue weighted by atomic mass is 9.93. The maximum Gasteiger partial charge on any atom is 0.246 e. The van der Waals surface area contributed by atoms with Crippen LogP contribution < -0.4 is 10.2 Å². The summed E-state index contributed by atoms with van der Waals surface area (Å²) in [6.45, 7) is 7.58. The third-order valence-corrected chi connectivity index (χ3v) is 4.77. The number of anilines is 1.